The Labute approximate surface area is 178 Å². The van der Waals surface area contributed by atoms with Gasteiger partial charge in [0.25, 0.3) is 5.91 Å². The molecule has 1 aliphatic heterocycles. The Hall–Kier alpha value is -3.84. The molecule has 1 saturated heterocycles. The molecule has 0 aliphatic carbocycles. The van der Waals surface area contributed by atoms with Crippen LogP contribution in [-0.2, 0) is 6.54 Å². The Kier molecular flexibility index (Phi) is 5.86. The molecule has 0 spiro atoms. The van der Waals surface area contributed by atoms with Crippen molar-refractivity contribution >= 4 is 11.7 Å². The lowest BCUT2D eigenvalue weighted by Crippen LogP contribution is -2.49. The van der Waals surface area contributed by atoms with Crippen molar-refractivity contribution in [3.05, 3.63) is 48.5 Å². The second-order valence-corrected chi connectivity index (χ2v) is 7.32. The highest BCUT2D eigenvalue weighted by atomic mass is 19.1. The molecule has 0 radical (unpaired) electrons. The number of hydrogen-bond donors (Lipinski definition) is 3. The van der Waals surface area contributed by atoms with Gasteiger partial charge >= 0.3 is 0 Å². The lowest BCUT2D eigenvalue weighted by Gasteiger charge is -2.26. The van der Waals surface area contributed by atoms with Gasteiger partial charge in [-0.05, 0) is 11.6 Å². The number of nitrogen functional groups attached to an aromatic ring is 1. The van der Waals surface area contributed by atoms with E-state index in [1.165, 1.54) is 6.20 Å². The zero-order chi connectivity index (χ0) is 21.8. The van der Waals surface area contributed by atoms with E-state index in [2.05, 4.69) is 25.7 Å². The first-order valence-corrected chi connectivity index (χ1v) is 9.82. The lowest BCUT2D eigenvalue weighted by molar-refractivity contribution is 0.0914. The number of anilines is 1. The molecule has 2 aromatic heterocycles. The fourth-order valence-electron chi connectivity index (χ4n) is 3.49. The van der Waals surface area contributed by atoms with Gasteiger partial charge in [0.05, 0.1) is 24.2 Å². The summed E-state index contributed by atoms with van der Waals surface area (Å²) < 4.78 is 15.1. The topological polar surface area (TPSA) is 135 Å². The second-order valence-electron chi connectivity index (χ2n) is 7.32. The van der Waals surface area contributed by atoms with E-state index in [1.54, 1.807) is 17.1 Å². The molecule has 1 fully saturated rings. The minimum absolute atomic E-state index is 0.00530. The average molecular weight is 420 g/mol. The number of nitrogens with one attached hydrogen (secondary N) is 2. The van der Waals surface area contributed by atoms with Gasteiger partial charge in [-0.25, -0.2) is 14.4 Å². The number of piperidine rings is 1. The van der Waals surface area contributed by atoms with E-state index < -0.39 is 12.1 Å². The molecule has 31 heavy (non-hydrogen) atoms. The van der Waals surface area contributed by atoms with Crippen molar-refractivity contribution in [1.29, 1.82) is 5.26 Å². The first-order chi connectivity index (χ1) is 15.0. The summed E-state index contributed by atoms with van der Waals surface area (Å²) in [6, 6.07) is 9.23. The Bertz CT molecular complexity index is 1140. The third-order valence-corrected chi connectivity index (χ3v) is 5.01. The van der Waals surface area contributed by atoms with Crippen molar-refractivity contribution < 1.29 is 9.18 Å². The number of benzene rings is 1. The summed E-state index contributed by atoms with van der Waals surface area (Å²) in [4.78, 5) is 21.2. The zero-order valence-electron chi connectivity index (χ0n) is 16.6. The Morgan fingerprint density at radius 1 is 1.32 bits per heavy atom. The predicted molar refractivity (Wildman–Crippen MR) is 112 cm³/mol. The normalized spacial score (nSPS) is 18.3. The van der Waals surface area contributed by atoms with E-state index in [9.17, 15) is 9.18 Å². The highest BCUT2D eigenvalue weighted by Crippen LogP contribution is 2.25. The molecule has 4 N–H and O–H groups in total. The first-order valence-electron chi connectivity index (χ1n) is 9.82. The van der Waals surface area contributed by atoms with E-state index in [0.717, 1.165) is 16.7 Å². The van der Waals surface area contributed by atoms with Gasteiger partial charge in [-0.2, -0.15) is 10.4 Å². The molecule has 9 nitrogen and oxygen atoms in total. The van der Waals surface area contributed by atoms with Gasteiger partial charge in [0.1, 0.15) is 12.7 Å². The Balaban J connectivity index is 1.57. The molecule has 1 aliphatic rings. The van der Waals surface area contributed by atoms with Crippen LogP contribution in [0.4, 0.5) is 10.2 Å². The van der Waals surface area contributed by atoms with Crippen LogP contribution in [0.5, 0.6) is 0 Å². The minimum Gasteiger partial charge on any atom is -0.382 e. The van der Waals surface area contributed by atoms with Crippen LogP contribution in [0.1, 0.15) is 16.9 Å². The number of carbonyl (C=O) groups excluding carboxylic acids is 1. The third kappa shape index (κ3) is 4.67. The highest BCUT2D eigenvalue weighted by Gasteiger charge is 2.24. The number of nitriles is 1. The van der Waals surface area contributed by atoms with Crippen LogP contribution in [0.25, 0.3) is 22.4 Å². The monoisotopic (exact) mass is 420 g/mol. The number of aromatic nitrogens is 4. The minimum atomic E-state index is -1.01. The third-order valence-electron chi connectivity index (χ3n) is 5.01. The second kappa shape index (κ2) is 8.89. The van der Waals surface area contributed by atoms with Crippen molar-refractivity contribution in [2.75, 3.05) is 18.8 Å². The summed E-state index contributed by atoms with van der Waals surface area (Å²) in [6.45, 7) is 0.942. The van der Waals surface area contributed by atoms with E-state index in [0.29, 0.717) is 12.2 Å². The van der Waals surface area contributed by atoms with Crippen molar-refractivity contribution in [1.82, 2.24) is 30.4 Å². The summed E-state index contributed by atoms with van der Waals surface area (Å²) in [5.74, 6) is -0.475. The van der Waals surface area contributed by atoms with Crippen LogP contribution in [0.15, 0.2) is 42.9 Å². The van der Waals surface area contributed by atoms with E-state index in [-0.39, 0.29) is 37.1 Å². The number of halogens is 1. The Morgan fingerprint density at radius 2 is 2.16 bits per heavy atom. The van der Waals surface area contributed by atoms with Gasteiger partial charge in [0.2, 0.25) is 0 Å². The molecule has 2 atom stereocenters. The van der Waals surface area contributed by atoms with Crippen LogP contribution in [-0.4, -0.2) is 51.0 Å². The number of amides is 1. The summed E-state index contributed by atoms with van der Waals surface area (Å²) in [7, 11) is 0. The summed E-state index contributed by atoms with van der Waals surface area (Å²) in [5.41, 5.74) is 8.86. The van der Waals surface area contributed by atoms with Gasteiger partial charge in [-0.3, -0.25) is 9.48 Å². The molecule has 0 saturated carbocycles. The van der Waals surface area contributed by atoms with Crippen LogP contribution in [0.3, 0.4) is 0 Å². The molecule has 1 aromatic carbocycles. The average Bonchev–Trinajstić information content (AvgIpc) is 3.23. The summed E-state index contributed by atoms with van der Waals surface area (Å²) >= 11 is 0. The van der Waals surface area contributed by atoms with Gasteiger partial charge in [0.15, 0.2) is 11.5 Å². The largest absolute Gasteiger partial charge is 0.382 e. The van der Waals surface area contributed by atoms with E-state index in [4.69, 9.17) is 11.0 Å². The molecule has 3 aromatic rings. The lowest BCUT2D eigenvalue weighted by atomic mass is 10.0. The van der Waals surface area contributed by atoms with E-state index in [1.807, 2.05) is 30.3 Å². The molecule has 158 valence electrons. The number of alkyl halides is 1. The highest BCUT2D eigenvalue weighted by molar-refractivity contribution is 5.97. The molecule has 3 heterocycles. The maximum atomic E-state index is 13.6. The van der Waals surface area contributed by atoms with Gasteiger partial charge in [-0.15, -0.1) is 0 Å². The number of nitrogens with zero attached hydrogens (tertiary/aromatic N) is 5. The van der Waals surface area contributed by atoms with Crippen LogP contribution in [0.2, 0.25) is 0 Å². The molecule has 10 heteroatoms. The molecule has 4 rings (SSSR count). The quantitative estimate of drug-likeness (QED) is 0.570. The smallest absolute Gasteiger partial charge is 0.274 e. The van der Waals surface area contributed by atoms with Crippen molar-refractivity contribution in [2.24, 2.45) is 0 Å². The van der Waals surface area contributed by atoms with Crippen LogP contribution in [0, 0.1) is 11.3 Å². The number of carbonyl (C=O) groups is 1. The number of hydrogen-bond acceptors (Lipinski definition) is 7. The fourth-order valence-corrected chi connectivity index (χ4v) is 3.49. The van der Waals surface area contributed by atoms with Crippen molar-refractivity contribution in [3.63, 3.8) is 0 Å². The Morgan fingerprint density at radius 3 is 2.97 bits per heavy atom. The van der Waals surface area contributed by atoms with Crippen LogP contribution < -0.4 is 16.4 Å². The predicted octanol–water partition coefficient (Wildman–Crippen LogP) is 1.54. The van der Waals surface area contributed by atoms with E-state index >= 15 is 0 Å². The van der Waals surface area contributed by atoms with Crippen molar-refractivity contribution in [3.8, 4) is 28.5 Å². The fraction of sp³-hybridized carbons (Fsp3) is 0.286. The number of nitrogens with two attached hydrogens (primary N) is 1. The van der Waals surface area contributed by atoms with Gasteiger partial charge in [0, 0.05) is 42.9 Å². The molecule has 2 unspecified atom stereocenters. The molecular formula is C21H21FN8O. The number of rotatable bonds is 5. The van der Waals surface area contributed by atoms with Crippen LogP contribution >= 0.6 is 0 Å². The first kappa shape index (κ1) is 20.4. The summed E-state index contributed by atoms with van der Waals surface area (Å²) in [6.07, 6.45) is 4.21. The molecule has 1 amide bonds. The zero-order valence-corrected chi connectivity index (χ0v) is 16.6. The van der Waals surface area contributed by atoms with Gasteiger partial charge < -0.3 is 16.4 Å². The summed E-state index contributed by atoms with van der Waals surface area (Å²) in [5, 5.41) is 18.7. The van der Waals surface area contributed by atoms with Gasteiger partial charge in [-0.1, -0.05) is 18.2 Å². The maximum absolute atomic E-state index is 13.6. The van der Waals surface area contributed by atoms with Crippen molar-refractivity contribution in [2.45, 2.75) is 25.2 Å². The molecular weight excluding hydrogens is 399 g/mol. The molecule has 0 bridgehead atoms. The standard InChI is InChI=1S/C21H21FN8O/c22-16-7-17(10-25-9-16)28-21(31)19-20(24)26-11-18(29-19)14-3-1-2-13(6-14)15-8-27-30(12-15)5-4-23/h1-3,6,8,11-12,16-17,25H,5,7,9-10H2,(H2,24,26)(H,28,31). The maximum Gasteiger partial charge on any atom is 0.274 e. The SMILES string of the molecule is N#CCn1cc(-c2cccc(-c3cnc(N)c(C(=O)NC4CNCC(F)C4)n3)c2)cn1.